The second-order valence-electron chi connectivity index (χ2n) is 6.33. The molecule has 2 aromatic rings. The molecule has 1 saturated heterocycles. The van der Waals surface area contributed by atoms with Crippen molar-refractivity contribution in [2.75, 3.05) is 7.05 Å². The molecule has 9 heteroatoms. The van der Waals surface area contributed by atoms with Gasteiger partial charge < -0.3 is 14.9 Å². The number of amidine groups is 1. The van der Waals surface area contributed by atoms with E-state index in [1.54, 1.807) is 55.6 Å². The Labute approximate surface area is 176 Å². The maximum Gasteiger partial charge on any atom is 0.344 e. The SMILES string of the molecule is CC(Oc1ccccc1/C=C1\SC(=Nc2ccccc2C(=O)O)N(C)C1=O)C(=O)O. The van der Waals surface area contributed by atoms with Crippen LogP contribution in [0.4, 0.5) is 5.69 Å². The van der Waals surface area contributed by atoms with E-state index in [4.69, 9.17) is 9.84 Å². The van der Waals surface area contributed by atoms with Crippen LogP contribution in [0.25, 0.3) is 6.08 Å². The molecule has 1 atom stereocenters. The Bertz CT molecular complexity index is 1080. The van der Waals surface area contributed by atoms with E-state index in [0.29, 0.717) is 21.4 Å². The predicted octanol–water partition coefficient (Wildman–Crippen LogP) is 3.47. The van der Waals surface area contributed by atoms with Crippen LogP contribution in [-0.2, 0) is 9.59 Å². The van der Waals surface area contributed by atoms with Crippen LogP contribution in [0.2, 0.25) is 0 Å². The zero-order chi connectivity index (χ0) is 21.8. The predicted molar refractivity (Wildman–Crippen MR) is 113 cm³/mol. The number of carboxylic acids is 2. The summed E-state index contributed by atoms with van der Waals surface area (Å²) >= 11 is 1.09. The number of carbonyl (C=O) groups excluding carboxylic acids is 1. The number of aromatic carboxylic acids is 1. The minimum absolute atomic E-state index is 0.0327. The van der Waals surface area contributed by atoms with Gasteiger partial charge in [0.2, 0.25) is 0 Å². The lowest BCUT2D eigenvalue weighted by Gasteiger charge is -2.12. The first kappa shape index (κ1) is 21.1. The van der Waals surface area contributed by atoms with E-state index >= 15 is 0 Å². The molecule has 1 aliphatic heterocycles. The number of thioether (sulfide) groups is 1. The molecule has 30 heavy (non-hydrogen) atoms. The summed E-state index contributed by atoms with van der Waals surface area (Å²) in [6, 6.07) is 13.1. The van der Waals surface area contributed by atoms with Crippen molar-refractivity contribution in [1.29, 1.82) is 0 Å². The number of nitrogens with zero attached hydrogens (tertiary/aromatic N) is 2. The molecule has 1 amide bonds. The third kappa shape index (κ3) is 4.52. The first-order valence-corrected chi connectivity index (χ1v) is 9.66. The van der Waals surface area contributed by atoms with Gasteiger partial charge in [-0.1, -0.05) is 30.3 Å². The first-order chi connectivity index (χ1) is 14.3. The molecule has 0 bridgehead atoms. The maximum absolute atomic E-state index is 12.7. The summed E-state index contributed by atoms with van der Waals surface area (Å²) < 4.78 is 5.47. The standard InChI is InChI=1S/C21H18N2O6S/c1-12(19(25)26)29-16-10-6-3-7-13(16)11-17-18(24)23(2)21(30-17)22-15-9-5-4-8-14(15)20(27)28/h3-12H,1-2H3,(H,25,26)(H,27,28)/b17-11-,22-21?. The van der Waals surface area contributed by atoms with Crippen LogP contribution >= 0.6 is 11.8 Å². The van der Waals surface area contributed by atoms with Gasteiger partial charge in [-0.15, -0.1) is 0 Å². The van der Waals surface area contributed by atoms with Crippen LogP contribution in [0.1, 0.15) is 22.8 Å². The highest BCUT2D eigenvalue weighted by Gasteiger charge is 2.31. The highest BCUT2D eigenvalue weighted by Crippen LogP contribution is 2.35. The molecule has 0 aromatic heterocycles. The van der Waals surface area contributed by atoms with Crippen LogP contribution in [-0.4, -0.2) is 51.3 Å². The van der Waals surface area contributed by atoms with Gasteiger partial charge in [-0.3, -0.25) is 9.69 Å². The van der Waals surface area contributed by atoms with Gasteiger partial charge in [0.1, 0.15) is 5.75 Å². The number of hydrogen-bond acceptors (Lipinski definition) is 6. The van der Waals surface area contributed by atoms with Crippen molar-refractivity contribution in [2.45, 2.75) is 13.0 Å². The van der Waals surface area contributed by atoms with Gasteiger partial charge in [-0.25, -0.2) is 14.6 Å². The Kier molecular flexibility index (Phi) is 6.22. The monoisotopic (exact) mass is 426 g/mol. The van der Waals surface area contributed by atoms with Crippen LogP contribution in [0.3, 0.4) is 0 Å². The van der Waals surface area contributed by atoms with E-state index in [0.717, 1.165) is 11.8 Å². The number of carbonyl (C=O) groups is 3. The minimum atomic E-state index is -1.11. The fraction of sp³-hybridized carbons (Fsp3) is 0.143. The van der Waals surface area contributed by atoms with Crippen molar-refractivity contribution in [2.24, 2.45) is 4.99 Å². The third-order valence-corrected chi connectivity index (χ3v) is 5.27. The molecule has 0 saturated carbocycles. The second-order valence-corrected chi connectivity index (χ2v) is 7.34. The number of aliphatic imine (C=N–C) groups is 1. The Morgan fingerprint density at radius 2 is 1.80 bits per heavy atom. The van der Waals surface area contributed by atoms with E-state index in [1.807, 2.05) is 0 Å². The maximum atomic E-state index is 12.7. The molecule has 2 aromatic carbocycles. The van der Waals surface area contributed by atoms with Gasteiger partial charge >= 0.3 is 11.9 Å². The summed E-state index contributed by atoms with van der Waals surface area (Å²) in [7, 11) is 1.55. The fourth-order valence-corrected chi connectivity index (χ4v) is 3.57. The average molecular weight is 426 g/mol. The van der Waals surface area contributed by atoms with Crippen LogP contribution in [0, 0.1) is 0 Å². The number of rotatable bonds is 6. The minimum Gasteiger partial charge on any atom is -0.479 e. The first-order valence-electron chi connectivity index (χ1n) is 8.85. The number of para-hydroxylation sites is 2. The topological polar surface area (TPSA) is 117 Å². The number of carboxylic acid groups (broad SMARTS) is 2. The summed E-state index contributed by atoms with van der Waals surface area (Å²) in [5.41, 5.74) is 0.819. The molecule has 1 fully saturated rings. The lowest BCUT2D eigenvalue weighted by Crippen LogP contribution is -2.24. The van der Waals surface area contributed by atoms with Gasteiger partial charge in [0.05, 0.1) is 16.2 Å². The molecule has 0 radical (unpaired) electrons. The van der Waals surface area contributed by atoms with Gasteiger partial charge in [0, 0.05) is 12.6 Å². The summed E-state index contributed by atoms with van der Waals surface area (Å²) in [5.74, 6) is -2.19. The molecule has 1 aliphatic rings. The fourth-order valence-electron chi connectivity index (χ4n) is 2.60. The largest absolute Gasteiger partial charge is 0.479 e. The molecule has 0 spiro atoms. The number of amides is 1. The second kappa shape index (κ2) is 8.83. The van der Waals surface area contributed by atoms with Crippen LogP contribution in [0.15, 0.2) is 58.4 Å². The Morgan fingerprint density at radius 3 is 2.50 bits per heavy atom. The molecule has 1 unspecified atom stereocenters. The summed E-state index contributed by atoms with van der Waals surface area (Å²) in [6.45, 7) is 1.42. The van der Waals surface area contributed by atoms with E-state index in [-0.39, 0.29) is 17.2 Å². The average Bonchev–Trinajstić information content (AvgIpc) is 2.97. The smallest absolute Gasteiger partial charge is 0.344 e. The Balaban J connectivity index is 1.94. The third-order valence-electron chi connectivity index (χ3n) is 4.21. The number of ether oxygens (including phenoxy) is 1. The van der Waals surface area contributed by atoms with Gasteiger partial charge in [-0.05, 0) is 43.0 Å². The van der Waals surface area contributed by atoms with Crippen LogP contribution < -0.4 is 4.74 Å². The molecule has 0 aliphatic carbocycles. The Hall–Kier alpha value is -3.59. The van der Waals surface area contributed by atoms with E-state index in [9.17, 15) is 19.5 Å². The highest BCUT2D eigenvalue weighted by molar-refractivity contribution is 8.18. The molecular weight excluding hydrogens is 408 g/mol. The number of aliphatic carboxylic acids is 1. The van der Waals surface area contributed by atoms with Crippen molar-refractivity contribution < 1.29 is 29.3 Å². The normalized spacial score (nSPS) is 17.4. The lowest BCUT2D eigenvalue weighted by atomic mass is 10.2. The summed E-state index contributed by atoms with van der Waals surface area (Å²) in [6.07, 6.45) is 0.544. The molecular formula is C21H18N2O6S. The molecule has 8 nitrogen and oxygen atoms in total. The van der Waals surface area contributed by atoms with Crippen molar-refractivity contribution in [3.05, 3.63) is 64.6 Å². The van der Waals surface area contributed by atoms with Crippen molar-refractivity contribution in [3.63, 3.8) is 0 Å². The highest BCUT2D eigenvalue weighted by atomic mass is 32.2. The number of benzene rings is 2. The zero-order valence-electron chi connectivity index (χ0n) is 16.1. The zero-order valence-corrected chi connectivity index (χ0v) is 16.9. The van der Waals surface area contributed by atoms with Gasteiger partial charge in [0.15, 0.2) is 11.3 Å². The molecule has 2 N–H and O–H groups in total. The van der Waals surface area contributed by atoms with Crippen LogP contribution in [0.5, 0.6) is 5.75 Å². The van der Waals surface area contributed by atoms with Crippen molar-refractivity contribution in [1.82, 2.24) is 4.90 Å². The quantitative estimate of drug-likeness (QED) is 0.679. The number of likely N-dealkylation sites (N-methyl/N-ethyl adjacent to an activating group) is 1. The van der Waals surface area contributed by atoms with E-state index in [1.165, 1.54) is 17.9 Å². The lowest BCUT2D eigenvalue weighted by molar-refractivity contribution is -0.144. The van der Waals surface area contributed by atoms with Crippen molar-refractivity contribution >= 4 is 46.5 Å². The van der Waals surface area contributed by atoms with E-state index < -0.39 is 18.0 Å². The molecule has 154 valence electrons. The number of hydrogen-bond donors (Lipinski definition) is 2. The summed E-state index contributed by atoms with van der Waals surface area (Å²) in [5, 5.41) is 18.7. The van der Waals surface area contributed by atoms with E-state index in [2.05, 4.69) is 4.99 Å². The molecule has 3 rings (SSSR count). The van der Waals surface area contributed by atoms with Crippen molar-refractivity contribution in [3.8, 4) is 5.75 Å². The van der Waals surface area contributed by atoms with Gasteiger partial charge in [-0.2, -0.15) is 0 Å². The Morgan fingerprint density at radius 1 is 1.13 bits per heavy atom. The molecule has 1 heterocycles. The summed E-state index contributed by atoms with van der Waals surface area (Å²) in [4.78, 5) is 41.2. The van der Waals surface area contributed by atoms with Gasteiger partial charge in [0.25, 0.3) is 5.91 Å².